The lowest BCUT2D eigenvalue weighted by atomic mass is 9.99. The second kappa shape index (κ2) is 11.7. The van der Waals surface area contributed by atoms with E-state index in [0.29, 0.717) is 18.1 Å². The number of hydrogen-bond acceptors (Lipinski definition) is 5. The van der Waals surface area contributed by atoms with Crippen molar-refractivity contribution in [3.8, 4) is 5.75 Å². The maximum absolute atomic E-state index is 13.6. The first-order valence-corrected chi connectivity index (χ1v) is 13.0. The van der Waals surface area contributed by atoms with Gasteiger partial charge in [0.2, 0.25) is 0 Å². The van der Waals surface area contributed by atoms with E-state index < -0.39 is 23.1 Å². The van der Waals surface area contributed by atoms with Crippen LogP contribution < -0.4 is 15.6 Å². The van der Waals surface area contributed by atoms with Gasteiger partial charge in [0, 0.05) is 36.8 Å². The van der Waals surface area contributed by atoms with Crippen molar-refractivity contribution in [1.29, 1.82) is 0 Å². The van der Waals surface area contributed by atoms with Crippen molar-refractivity contribution in [3.05, 3.63) is 106 Å². The first-order chi connectivity index (χ1) is 18.9. The maximum Gasteiger partial charge on any atom is 0.263 e. The molecule has 1 saturated heterocycles. The minimum Gasteiger partial charge on any atom is -0.492 e. The molecule has 202 valence electrons. The van der Waals surface area contributed by atoms with Crippen LogP contribution in [0.4, 0.5) is 8.78 Å². The molecule has 1 aliphatic rings. The predicted molar refractivity (Wildman–Crippen MR) is 145 cm³/mol. The van der Waals surface area contributed by atoms with E-state index in [4.69, 9.17) is 4.74 Å². The number of nitrogens with zero attached hydrogens (tertiary/aromatic N) is 3. The number of benzene rings is 2. The summed E-state index contributed by atoms with van der Waals surface area (Å²) in [4.78, 5) is 32.6. The molecule has 0 saturated carbocycles. The molecule has 1 unspecified atom stereocenters. The van der Waals surface area contributed by atoms with Gasteiger partial charge in [0.1, 0.15) is 11.3 Å². The van der Waals surface area contributed by atoms with Crippen molar-refractivity contribution < 1.29 is 18.3 Å². The molecule has 0 aliphatic carbocycles. The highest BCUT2D eigenvalue weighted by molar-refractivity contribution is 5.93. The Hall–Kier alpha value is -4.11. The second-order valence-corrected chi connectivity index (χ2v) is 10.0. The van der Waals surface area contributed by atoms with E-state index in [1.54, 1.807) is 12.3 Å². The van der Waals surface area contributed by atoms with Crippen LogP contribution in [-0.4, -0.2) is 47.1 Å². The van der Waals surface area contributed by atoms with Gasteiger partial charge in [-0.15, -0.1) is 0 Å². The van der Waals surface area contributed by atoms with Crippen LogP contribution in [0.2, 0.25) is 0 Å². The summed E-state index contributed by atoms with van der Waals surface area (Å²) in [5.41, 5.74) is 1.48. The molecule has 0 spiro atoms. The highest BCUT2D eigenvalue weighted by Gasteiger charge is 2.18. The van der Waals surface area contributed by atoms with Gasteiger partial charge < -0.3 is 19.5 Å². The molecular weight excluding hydrogens is 502 g/mol. The van der Waals surface area contributed by atoms with Gasteiger partial charge in [0.05, 0.1) is 18.7 Å². The first-order valence-electron chi connectivity index (χ1n) is 13.0. The summed E-state index contributed by atoms with van der Waals surface area (Å²) in [7, 11) is 2.13. The number of pyridine rings is 2. The van der Waals surface area contributed by atoms with Crippen LogP contribution in [0.5, 0.6) is 5.75 Å². The van der Waals surface area contributed by atoms with E-state index >= 15 is 0 Å². The number of amides is 1. The zero-order valence-corrected chi connectivity index (χ0v) is 21.7. The van der Waals surface area contributed by atoms with E-state index in [1.165, 1.54) is 29.3 Å². The Morgan fingerprint density at radius 2 is 1.95 bits per heavy atom. The number of hydrogen-bond donors (Lipinski definition) is 1. The summed E-state index contributed by atoms with van der Waals surface area (Å²) in [5.74, 6) is -1.24. The average Bonchev–Trinajstić information content (AvgIpc) is 2.93. The van der Waals surface area contributed by atoms with Crippen molar-refractivity contribution >= 4 is 16.8 Å². The van der Waals surface area contributed by atoms with Crippen molar-refractivity contribution in [3.63, 3.8) is 0 Å². The molecule has 9 heteroatoms. The molecular formula is C30H30F2N4O3. The fourth-order valence-electron chi connectivity index (χ4n) is 4.97. The highest BCUT2D eigenvalue weighted by Crippen LogP contribution is 2.26. The minimum atomic E-state index is -0.991. The van der Waals surface area contributed by atoms with E-state index in [9.17, 15) is 18.4 Å². The van der Waals surface area contributed by atoms with Crippen molar-refractivity contribution in [1.82, 2.24) is 19.8 Å². The fraction of sp³-hybridized carbons (Fsp3) is 0.300. The average molecular weight is 533 g/mol. The molecule has 7 nitrogen and oxygen atoms in total. The predicted octanol–water partition coefficient (Wildman–Crippen LogP) is 4.37. The van der Waals surface area contributed by atoms with Crippen LogP contribution in [0.25, 0.3) is 10.9 Å². The largest absolute Gasteiger partial charge is 0.492 e. The van der Waals surface area contributed by atoms with Gasteiger partial charge in [-0.25, -0.2) is 8.78 Å². The Labute approximate surface area is 225 Å². The third-order valence-electron chi connectivity index (χ3n) is 7.02. The summed E-state index contributed by atoms with van der Waals surface area (Å²) in [6.07, 6.45) is 5.55. The lowest BCUT2D eigenvalue weighted by molar-refractivity contribution is 0.0949. The Bertz CT molecular complexity index is 1560. The molecule has 1 fully saturated rings. The molecule has 3 heterocycles. The number of carbonyl (C=O) groups excluding carboxylic acids is 1. The third-order valence-corrected chi connectivity index (χ3v) is 7.02. The van der Waals surface area contributed by atoms with Crippen molar-refractivity contribution in [2.75, 3.05) is 26.7 Å². The quantitative estimate of drug-likeness (QED) is 0.365. The number of fused-ring (bicyclic) bond motifs is 1. The van der Waals surface area contributed by atoms with Gasteiger partial charge in [0.25, 0.3) is 11.5 Å². The number of rotatable bonds is 8. The lowest BCUT2D eigenvalue weighted by Gasteiger charge is -2.29. The summed E-state index contributed by atoms with van der Waals surface area (Å²) in [6, 6.07) is 14.0. The molecule has 39 heavy (non-hydrogen) atoms. The van der Waals surface area contributed by atoms with Crippen LogP contribution in [-0.2, 0) is 13.1 Å². The van der Waals surface area contributed by atoms with Gasteiger partial charge in [-0.2, -0.15) is 0 Å². The maximum atomic E-state index is 13.6. The Kier molecular flexibility index (Phi) is 7.97. The smallest absolute Gasteiger partial charge is 0.263 e. The number of piperidine rings is 1. The molecule has 1 atom stereocenters. The number of aromatic nitrogens is 2. The molecule has 0 bridgehead atoms. The molecule has 2 aromatic heterocycles. The molecule has 1 N–H and O–H groups in total. The van der Waals surface area contributed by atoms with E-state index in [1.807, 2.05) is 24.3 Å². The topological polar surface area (TPSA) is 76.5 Å². The molecule has 2 aromatic carbocycles. The molecule has 1 amide bonds. The van der Waals surface area contributed by atoms with Crippen LogP contribution in [0.3, 0.4) is 0 Å². The lowest BCUT2D eigenvalue weighted by Crippen LogP contribution is -2.34. The van der Waals surface area contributed by atoms with Crippen LogP contribution in [0, 0.1) is 17.6 Å². The SMILES string of the molecule is CN1CCCC(COc2ccnc3ccc(CNC(=O)c4cccn(Cc5ccc(F)c(F)c5)c4=O)cc23)C1. The molecule has 1 aliphatic heterocycles. The number of carbonyl (C=O) groups is 1. The van der Waals surface area contributed by atoms with Gasteiger partial charge >= 0.3 is 0 Å². The number of ether oxygens (including phenoxy) is 1. The highest BCUT2D eigenvalue weighted by atomic mass is 19.2. The van der Waals surface area contributed by atoms with E-state index in [-0.39, 0.29) is 18.7 Å². The van der Waals surface area contributed by atoms with Gasteiger partial charge in [-0.1, -0.05) is 12.1 Å². The third kappa shape index (κ3) is 6.31. The number of halogens is 2. The van der Waals surface area contributed by atoms with Crippen LogP contribution >= 0.6 is 0 Å². The summed E-state index contributed by atoms with van der Waals surface area (Å²) in [5, 5.41) is 3.67. The summed E-state index contributed by atoms with van der Waals surface area (Å²) in [6.45, 7) is 2.98. The fourth-order valence-corrected chi connectivity index (χ4v) is 4.97. The van der Waals surface area contributed by atoms with Gasteiger partial charge in [-0.3, -0.25) is 14.6 Å². The Morgan fingerprint density at radius 1 is 1.10 bits per heavy atom. The van der Waals surface area contributed by atoms with Gasteiger partial charge in [-0.05, 0) is 80.0 Å². The second-order valence-electron chi connectivity index (χ2n) is 10.0. The zero-order valence-electron chi connectivity index (χ0n) is 21.7. The van der Waals surface area contributed by atoms with Crippen molar-refractivity contribution in [2.24, 2.45) is 5.92 Å². The minimum absolute atomic E-state index is 0.00868. The number of nitrogens with one attached hydrogen (secondary N) is 1. The molecule has 4 aromatic rings. The van der Waals surface area contributed by atoms with E-state index in [2.05, 4.69) is 22.2 Å². The number of likely N-dealkylation sites (tertiary alicyclic amines) is 1. The summed E-state index contributed by atoms with van der Waals surface area (Å²) >= 11 is 0. The first kappa shape index (κ1) is 26.5. The monoisotopic (exact) mass is 532 g/mol. The normalized spacial score (nSPS) is 15.8. The van der Waals surface area contributed by atoms with E-state index in [0.717, 1.165) is 53.9 Å². The molecule has 5 rings (SSSR count). The zero-order chi connectivity index (χ0) is 27.4. The van der Waals surface area contributed by atoms with Crippen LogP contribution in [0.1, 0.15) is 34.3 Å². The Morgan fingerprint density at radius 3 is 2.77 bits per heavy atom. The van der Waals surface area contributed by atoms with Gasteiger partial charge in [0.15, 0.2) is 11.6 Å². The Balaban J connectivity index is 1.27. The van der Waals surface area contributed by atoms with Crippen molar-refractivity contribution in [2.45, 2.75) is 25.9 Å². The molecule has 0 radical (unpaired) electrons. The standard InChI is InChI=1S/C30H30F2N4O3/c1-35-12-2-4-22(17-35)19-39-28-10-11-33-27-9-7-20(14-24(27)28)16-34-29(37)23-5-3-13-36(30(23)38)18-21-6-8-25(31)26(32)15-21/h3,5-11,13-15,22H,2,4,12,16-19H2,1H3,(H,34,37). The van der Waals surface area contributed by atoms with Crippen LogP contribution in [0.15, 0.2) is 71.8 Å². The summed E-state index contributed by atoms with van der Waals surface area (Å²) < 4.78 is 34.3.